The number of hydrogen-bond acceptors (Lipinski definition) is 2. The van der Waals surface area contributed by atoms with Gasteiger partial charge in [-0.05, 0) is 54.3 Å². The lowest BCUT2D eigenvalue weighted by Gasteiger charge is -2.12. The minimum atomic E-state index is -0.442. The molecule has 2 aromatic rings. The van der Waals surface area contributed by atoms with Crippen LogP contribution in [0.2, 0.25) is 0 Å². The van der Waals surface area contributed by atoms with Crippen LogP contribution < -0.4 is 5.73 Å². The Morgan fingerprint density at radius 1 is 1.06 bits per heavy atom. The van der Waals surface area contributed by atoms with Crippen molar-refractivity contribution in [3.05, 3.63) is 65.5 Å². The molecule has 0 saturated carbocycles. The predicted octanol–water partition coefficient (Wildman–Crippen LogP) is 2.47. The quantitative estimate of drug-likeness (QED) is 0.902. The summed E-state index contributed by atoms with van der Waals surface area (Å²) < 4.78 is 26.4. The molecule has 1 aromatic heterocycles. The van der Waals surface area contributed by atoms with Crippen molar-refractivity contribution >= 4 is 0 Å². The molecule has 94 valence electrons. The van der Waals surface area contributed by atoms with Gasteiger partial charge in [0, 0.05) is 18.4 Å². The van der Waals surface area contributed by atoms with Crippen molar-refractivity contribution in [1.29, 1.82) is 0 Å². The van der Waals surface area contributed by atoms with E-state index in [0.717, 1.165) is 17.7 Å². The highest BCUT2D eigenvalue weighted by atomic mass is 19.1. The molecule has 0 amide bonds. The number of halogens is 2. The van der Waals surface area contributed by atoms with Gasteiger partial charge in [0.1, 0.15) is 11.6 Å². The third-order valence-electron chi connectivity index (χ3n) is 2.74. The van der Waals surface area contributed by atoms with Crippen LogP contribution in [0.5, 0.6) is 0 Å². The second-order valence-corrected chi connectivity index (χ2v) is 4.26. The van der Waals surface area contributed by atoms with E-state index in [1.165, 1.54) is 6.07 Å². The Balaban J connectivity index is 2.03. The molecule has 1 aromatic carbocycles. The molecular weight excluding hydrogens is 234 g/mol. The van der Waals surface area contributed by atoms with Crippen LogP contribution >= 0.6 is 0 Å². The summed E-state index contributed by atoms with van der Waals surface area (Å²) in [5.41, 5.74) is 7.30. The summed E-state index contributed by atoms with van der Waals surface area (Å²) >= 11 is 0. The summed E-state index contributed by atoms with van der Waals surface area (Å²) in [4.78, 5) is 3.91. The molecule has 1 atom stereocenters. The fourth-order valence-corrected chi connectivity index (χ4v) is 1.88. The topological polar surface area (TPSA) is 38.9 Å². The second-order valence-electron chi connectivity index (χ2n) is 4.26. The number of pyridine rings is 1. The van der Waals surface area contributed by atoms with E-state index in [2.05, 4.69) is 4.98 Å². The molecule has 0 fully saturated rings. The smallest absolute Gasteiger partial charge is 0.126 e. The molecule has 1 unspecified atom stereocenters. The van der Waals surface area contributed by atoms with Crippen molar-refractivity contribution in [2.45, 2.75) is 18.9 Å². The van der Waals surface area contributed by atoms with E-state index in [-0.39, 0.29) is 6.04 Å². The van der Waals surface area contributed by atoms with Gasteiger partial charge in [0.2, 0.25) is 0 Å². The van der Waals surface area contributed by atoms with Crippen molar-refractivity contribution in [2.75, 3.05) is 0 Å². The minimum Gasteiger partial charge on any atom is -0.327 e. The number of nitrogens with zero attached hydrogens (tertiary/aromatic N) is 1. The van der Waals surface area contributed by atoms with E-state index in [1.807, 2.05) is 12.1 Å². The zero-order valence-corrected chi connectivity index (χ0v) is 9.81. The number of hydrogen-bond donors (Lipinski definition) is 1. The lowest BCUT2D eigenvalue weighted by Crippen LogP contribution is -2.26. The van der Waals surface area contributed by atoms with Gasteiger partial charge in [0.05, 0.1) is 0 Å². The van der Waals surface area contributed by atoms with Gasteiger partial charge in [0.15, 0.2) is 0 Å². The Labute approximate surface area is 104 Å². The molecule has 2 N–H and O–H groups in total. The molecule has 0 bridgehead atoms. The summed E-state index contributed by atoms with van der Waals surface area (Å²) in [7, 11) is 0. The lowest BCUT2D eigenvalue weighted by molar-refractivity contribution is 0.566. The molecule has 4 heteroatoms. The molecule has 0 spiro atoms. The van der Waals surface area contributed by atoms with Gasteiger partial charge in [-0.15, -0.1) is 0 Å². The Morgan fingerprint density at radius 3 is 2.50 bits per heavy atom. The van der Waals surface area contributed by atoms with Gasteiger partial charge in [0.25, 0.3) is 0 Å². The molecule has 1 heterocycles. The van der Waals surface area contributed by atoms with E-state index < -0.39 is 11.6 Å². The average Bonchev–Trinajstić information content (AvgIpc) is 2.35. The first-order chi connectivity index (χ1) is 8.65. The highest BCUT2D eigenvalue weighted by Gasteiger charge is 2.10. The number of benzene rings is 1. The maximum absolute atomic E-state index is 13.4. The van der Waals surface area contributed by atoms with Crippen molar-refractivity contribution in [3.8, 4) is 0 Å². The first-order valence-electron chi connectivity index (χ1n) is 5.73. The fraction of sp³-hybridized carbons (Fsp3) is 0.214. The van der Waals surface area contributed by atoms with Crippen molar-refractivity contribution in [3.63, 3.8) is 0 Å². The van der Waals surface area contributed by atoms with E-state index >= 15 is 0 Å². The van der Waals surface area contributed by atoms with E-state index in [1.54, 1.807) is 12.4 Å². The highest BCUT2D eigenvalue weighted by molar-refractivity contribution is 5.21. The maximum atomic E-state index is 13.4. The van der Waals surface area contributed by atoms with Crippen molar-refractivity contribution in [2.24, 2.45) is 5.73 Å². The zero-order valence-electron chi connectivity index (χ0n) is 9.81. The van der Waals surface area contributed by atoms with E-state index in [4.69, 9.17) is 5.73 Å². The Hall–Kier alpha value is -1.81. The standard InChI is InChI=1S/C14H14F2N2/c15-12-1-2-14(16)11(8-12)9-13(17)7-10-3-5-18-6-4-10/h1-6,8,13H,7,9,17H2. The summed E-state index contributed by atoms with van der Waals surface area (Å²) in [5.74, 6) is -0.857. The van der Waals surface area contributed by atoms with Gasteiger partial charge in [-0.25, -0.2) is 8.78 Å². The maximum Gasteiger partial charge on any atom is 0.126 e. The third-order valence-corrected chi connectivity index (χ3v) is 2.74. The number of nitrogens with two attached hydrogens (primary N) is 1. The second kappa shape index (κ2) is 5.69. The van der Waals surface area contributed by atoms with E-state index in [9.17, 15) is 8.78 Å². The van der Waals surface area contributed by atoms with Gasteiger partial charge in [-0.1, -0.05) is 0 Å². The summed E-state index contributed by atoms with van der Waals surface area (Å²) in [5, 5.41) is 0. The van der Waals surface area contributed by atoms with Crippen LogP contribution in [-0.2, 0) is 12.8 Å². The average molecular weight is 248 g/mol. The van der Waals surface area contributed by atoms with Gasteiger partial charge >= 0.3 is 0 Å². The van der Waals surface area contributed by atoms with Crippen molar-refractivity contribution < 1.29 is 8.78 Å². The Bertz CT molecular complexity index is 514. The van der Waals surface area contributed by atoms with Crippen LogP contribution in [0.15, 0.2) is 42.7 Å². The van der Waals surface area contributed by atoms with Crippen LogP contribution in [0, 0.1) is 11.6 Å². The van der Waals surface area contributed by atoms with Crippen LogP contribution in [-0.4, -0.2) is 11.0 Å². The lowest BCUT2D eigenvalue weighted by atomic mass is 10.00. The SMILES string of the molecule is NC(Cc1ccncc1)Cc1cc(F)ccc1F. The highest BCUT2D eigenvalue weighted by Crippen LogP contribution is 2.13. The van der Waals surface area contributed by atoms with Gasteiger partial charge < -0.3 is 5.73 Å². The molecule has 2 rings (SSSR count). The molecule has 18 heavy (non-hydrogen) atoms. The first-order valence-corrected chi connectivity index (χ1v) is 5.73. The molecular formula is C14H14F2N2. The summed E-state index contributed by atoms with van der Waals surface area (Å²) in [6, 6.07) is 6.91. The predicted molar refractivity (Wildman–Crippen MR) is 66.0 cm³/mol. The van der Waals surface area contributed by atoms with Crippen LogP contribution in [0.25, 0.3) is 0 Å². The third kappa shape index (κ3) is 3.34. The Morgan fingerprint density at radius 2 is 1.78 bits per heavy atom. The normalized spacial score (nSPS) is 12.4. The molecule has 0 saturated heterocycles. The molecule has 0 aliphatic carbocycles. The van der Waals surface area contributed by atoms with Crippen LogP contribution in [0.4, 0.5) is 8.78 Å². The molecule has 0 aliphatic rings. The first kappa shape index (κ1) is 12.6. The van der Waals surface area contributed by atoms with Crippen molar-refractivity contribution in [1.82, 2.24) is 4.98 Å². The van der Waals surface area contributed by atoms with Crippen LogP contribution in [0.1, 0.15) is 11.1 Å². The zero-order chi connectivity index (χ0) is 13.0. The van der Waals surface area contributed by atoms with Crippen LogP contribution in [0.3, 0.4) is 0 Å². The molecule has 0 radical (unpaired) electrons. The number of rotatable bonds is 4. The molecule has 0 aliphatic heterocycles. The summed E-state index contributed by atoms with van der Waals surface area (Å²) in [6.45, 7) is 0. The number of aromatic nitrogens is 1. The van der Waals surface area contributed by atoms with E-state index in [0.29, 0.717) is 18.4 Å². The minimum absolute atomic E-state index is 0.247. The fourth-order valence-electron chi connectivity index (χ4n) is 1.88. The van der Waals surface area contributed by atoms with Gasteiger partial charge in [-0.3, -0.25) is 4.98 Å². The molecule has 2 nitrogen and oxygen atoms in total. The summed E-state index contributed by atoms with van der Waals surface area (Å²) in [6.07, 6.45) is 4.29. The monoisotopic (exact) mass is 248 g/mol. The largest absolute Gasteiger partial charge is 0.327 e. The van der Waals surface area contributed by atoms with Gasteiger partial charge in [-0.2, -0.15) is 0 Å². The Kier molecular flexibility index (Phi) is 3.99.